The molecule has 1 saturated heterocycles. The number of β-lactam (4-membered cyclic amide) rings is 1. The molecule has 2 aliphatic heterocycles. The summed E-state index contributed by atoms with van der Waals surface area (Å²) >= 11 is 1.42. The van der Waals surface area contributed by atoms with Crippen molar-refractivity contribution in [2.24, 2.45) is 5.92 Å². The van der Waals surface area contributed by atoms with Gasteiger partial charge < -0.3 is 19.9 Å². The van der Waals surface area contributed by atoms with Crippen molar-refractivity contribution in [3.63, 3.8) is 0 Å². The number of hydrogen-bond donors (Lipinski definition) is 1. The van der Waals surface area contributed by atoms with Crippen LogP contribution in [0.25, 0.3) is 0 Å². The van der Waals surface area contributed by atoms with E-state index in [1.54, 1.807) is 6.92 Å². The van der Waals surface area contributed by atoms with Gasteiger partial charge >= 0.3 is 29.6 Å². The molecule has 2 heterocycles. The Labute approximate surface area is 132 Å². The summed E-state index contributed by atoms with van der Waals surface area (Å²) in [6, 6.07) is -0.204. The number of carbonyl (C=O) groups excluding carboxylic acids is 2. The fourth-order valence-corrected chi connectivity index (χ4v) is 3.48. The molecule has 3 atom stereocenters. The molecule has 5 nitrogen and oxygen atoms in total. The number of rotatable bonds is 4. The van der Waals surface area contributed by atoms with Gasteiger partial charge in [0.25, 0.3) is 0 Å². The van der Waals surface area contributed by atoms with Gasteiger partial charge in [-0.2, -0.15) is 0 Å². The number of carbonyl (C=O) groups is 2. The Bertz CT molecular complexity index is 410. The first kappa shape index (κ1) is 16.0. The number of fused-ring (bicyclic) bond motifs is 1. The second-order valence-corrected chi connectivity index (χ2v) is 5.60. The maximum atomic E-state index is 11.8. The topological polar surface area (TPSA) is 80.7 Å². The maximum absolute atomic E-state index is 11.8. The largest absolute Gasteiger partial charge is 1.00 e. The van der Waals surface area contributed by atoms with Crippen LogP contribution >= 0.6 is 11.8 Å². The molecule has 0 spiro atoms. The van der Waals surface area contributed by atoms with Gasteiger partial charge in [0.2, 0.25) is 5.91 Å². The van der Waals surface area contributed by atoms with Crippen LogP contribution in [0.5, 0.6) is 0 Å². The molecule has 0 saturated carbocycles. The van der Waals surface area contributed by atoms with E-state index in [9.17, 15) is 19.8 Å². The maximum Gasteiger partial charge on any atom is 1.00 e. The van der Waals surface area contributed by atoms with Crippen molar-refractivity contribution < 1.29 is 49.4 Å². The smallest absolute Gasteiger partial charge is 0.543 e. The van der Waals surface area contributed by atoms with Crippen LogP contribution in [0.4, 0.5) is 0 Å². The van der Waals surface area contributed by atoms with Gasteiger partial charge in [-0.05, 0) is 12.7 Å². The molecular weight excluding hydrogens is 265 g/mol. The molecule has 1 fully saturated rings. The molecular formula is C11H14NNaO4S. The van der Waals surface area contributed by atoms with Gasteiger partial charge in [0.1, 0.15) is 0 Å². The second-order valence-electron chi connectivity index (χ2n) is 4.24. The minimum Gasteiger partial charge on any atom is -0.543 e. The summed E-state index contributed by atoms with van der Waals surface area (Å²) in [5.74, 6) is -1.34. The Morgan fingerprint density at radius 1 is 1.67 bits per heavy atom. The zero-order valence-corrected chi connectivity index (χ0v) is 13.5. The van der Waals surface area contributed by atoms with E-state index in [0.717, 1.165) is 5.75 Å². The predicted octanol–water partition coefficient (Wildman–Crippen LogP) is -3.68. The molecule has 0 radical (unpaired) electrons. The molecule has 0 unspecified atom stereocenters. The summed E-state index contributed by atoms with van der Waals surface area (Å²) in [5.41, 5.74) is 0.00347. The van der Waals surface area contributed by atoms with Crippen molar-refractivity contribution >= 4 is 23.6 Å². The molecule has 2 aliphatic rings. The fourth-order valence-electron chi connectivity index (χ4n) is 2.52. The number of carboxylic acids is 1. The van der Waals surface area contributed by atoms with E-state index in [4.69, 9.17) is 0 Å². The van der Waals surface area contributed by atoms with Gasteiger partial charge in [-0.3, -0.25) is 4.79 Å². The first-order valence-corrected chi connectivity index (χ1v) is 6.56. The van der Waals surface area contributed by atoms with E-state index < -0.39 is 18.0 Å². The second kappa shape index (κ2) is 5.96. The summed E-state index contributed by atoms with van der Waals surface area (Å²) in [4.78, 5) is 24.8. The minimum absolute atomic E-state index is 0. The van der Waals surface area contributed by atoms with Crippen molar-refractivity contribution in [1.29, 1.82) is 0 Å². The van der Waals surface area contributed by atoms with Crippen molar-refractivity contribution in [3.05, 3.63) is 10.6 Å². The first-order valence-electron chi connectivity index (χ1n) is 5.57. The summed E-state index contributed by atoms with van der Waals surface area (Å²) in [7, 11) is 0. The van der Waals surface area contributed by atoms with Crippen LogP contribution in [-0.4, -0.2) is 39.8 Å². The Balaban J connectivity index is 0.00000162. The van der Waals surface area contributed by atoms with Gasteiger partial charge in [0.05, 0.1) is 29.7 Å². The zero-order chi connectivity index (χ0) is 12.7. The number of nitrogens with zero attached hydrogens (tertiary/aromatic N) is 1. The van der Waals surface area contributed by atoms with Crippen LogP contribution in [0.2, 0.25) is 0 Å². The van der Waals surface area contributed by atoms with Crippen molar-refractivity contribution in [2.75, 3.05) is 5.75 Å². The Hall–Kier alpha value is -0.0100. The van der Waals surface area contributed by atoms with Gasteiger partial charge in [-0.25, -0.2) is 0 Å². The summed E-state index contributed by atoms with van der Waals surface area (Å²) < 4.78 is 0. The number of amides is 1. The zero-order valence-electron chi connectivity index (χ0n) is 10.7. The third kappa shape index (κ3) is 2.36. The number of thioether (sulfide) groups is 1. The van der Waals surface area contributed by atoms with Gasteiger partial charge in [-0.1, -0.05) is 6.92 Å². The molecule has 94 valence electrons. The molecule has 18 heavy (non-hydrogen) atoms. The average Bonchev–Trinajstić information content (AvgIpc) is 2.53. The monoisotopic (exact) mass is 279 g/mol. The van der Waals surface area contributed by atoms with Crippen LogP contribution in [0.1, 0.15) is 20.3 Å². The van der Waals surface area contributed by atoms with Crippen LogP contribution in [0.3, 0.4) is 0 Å². The molecule has 0 bridgehead atoms. The third-order valence-electron chi connectivity index (χ3n) is 3.20. The fraction of sp³-hybridized carbons (Fsp3) is 0.636. The molecule has 0 aromatic heterocycles. The average molecular weight is 279 g/mol. The van der Waals surface area contributed by atoms with Crippen molar-refractivity contribution in [2.45, 2.75) is 32.4 Å². The molecule has 0 aliphatic carbocycles. The SMILES string of the molecule is CCSC1=C(C(=O)[O-])N2C(=O)[C@H]([C@H](C)O)[C@H]2C1.[Na+]. The molecule has 1 N–H and O–H groups in total. The number of aliphatic hydroxyl groups excluding tert-OH is 1. The van der Waals surface area contributed by atoms with E-state index in [1.165, 1.54) is 16.7 Å². The number of aliphatic carboxylic acids is 1. The number of carboxylic acid groups (broad SMARTS) is 1. The molecule has 7 heteroatoms. The van der Waals surface area contributed by atoms with E-state index in [-0.39, 0.29) is 47.2 Å². The van der Waals surface area contributed by atoms with Crippen molar-refractivity contribution in [1.82, 2.24) is 4.90 Å². The summed E-state index contributed by atoms with van der Waals surface area (Å²) in [6.45, 7) is 3.48. The predicted molar refractivity (Wildman–Crippen MR) is 60.6 cm³/mol. The quantitative estimate of drug-likeness (QED) is 0.423. The minimum atomic E-state index is -1.30. The van der Waals surface area contributed by atoms with E-state index in [2.05, 4.69) is 0 Å². The van der Waals surface area contributed by atoms with Crippen LogP contribution < -0.4 is 34.7 Å². The Morgan fingerprint density at radius 2 is 2.28 bits per heavy atom. The van der Waals surface area contributed by atoms with Crippen LogP contribution in [0, 0.1) is 5.92 Å². The van der Waals surface area contributed by atoms with E-state index in [1.807, 2.05) is 6.92 Å². The first-order chi connectivity index (χ1) is 7.99. The normalized spacial score (nSPS) is 27.5. The molecule has 0 aromatic carbocycles. The van der Waals surface area contributed by atoms with Gasteiger partial charge in [0.15, 0.2) is 0 Å². The Morgan fingerprint density at radius 3 is 2.72 bits per heavy atom. The molecule has 1 amide bonds. The standard InChI is InChI=1S/C11H15NO4S.Na/c1-3-17-7-4-6-8(5(2)13)10(14)12(6)9(7)11(15)16;/h5-6,8,13H,3-4H2,1-2H3,(H,15,16);/q;+1/p-1/t5-,6+,8+;/m0./s1. The summed E-state index contributed by atoms with van der Waals surface area (Å²) in [5, 5.41) is 20.6. The van der Waals surface area contributed by atoms with Gasteiger partial charge in [-0.15, -0.1) is 11.8 Å². The van der Waals surface area contributed by atoms with E-state index >= 15 is 0 Å². The van der Waals surface area contributed by atoms with Crippen LogP contribution in [0.15, 0.2) is 10.6 Å². The van der Waals surface area contributed by atoms with Gasteiger partial charge in [0, 0.05) is 11.3 Å². The van der Waals surface area contributed by atoms with Crippen molar-refractivity contribution in [3.8, 4) is 0 Å². The van der Waals surface area contributed by atoms with E-state index in [0.29, 0.717) is 11.3 Å². The number of hydrogen-bond acceptors (Lipinski definition) is 5. The van der Waals surface area contributed by atoms with Crippen LogP contribution in [-0.2, 0) is 9.59 Å². The summed E-state index contributed by atoms with van der Waals surface area (Å²) in [6.07, 6.45) is -0.221. The Kier molecular flexibility index (Phi) is 5.32. The number of aliphatic hydroxyl groups is 1. The molecule has 0 aromatic rings. The third-order valence-corrected chi connectivity index (χ3v) is 4.20. The molecule has 2 rings (SSSR count).